The van der Waals surface area contributed by atoms with Gasteiger partial charge < -0.3 is 15.2 Å². The first-order chi connectivity index (χ1) is 6.66. The summed E-state index contributed by atoms with van der Waals surface area (Å²) in [5, 5.41) is 11.5. The minimum absolute atomic E-state index is 0.145. The fraction of sp³-hybridized carbons (Fsp3) is 0.222. The summed E-state index contributed by atoms with van der Waals surface area (Å²) in [6.07, 6.45) is -0.909. The first-order valence-electron chi connectivity index (χ1n) is 4.10. The Morgan fingerprint density at radius 2 is 2.43 bits per heavy atom. The maximum atomic E-state index is 12.7. The molecule has 1 unspecified atom stereocenters. The van der Waals surface area contributed by atoms with E-state index in [2.05, 4.69) is 5.32 Å². The third-order valence-corrected chi connectivity index (χ3v) is 1.96. The summed E-state index contributed by atoms with van der Waals surface area (Å²) >= 11 is 0. The van der Waals surface area contributed by atoms with Gasteiger partial charge in [-0.1, -0.05) is 0 Å². The molecule has 1 aromatic carbocycles. The molecular formula is C9H8FNO3. The third kappa shape index (κ3) is 1.48. The molecule has 1 heterocycles. The Bertz CT molecular complexity index is 380. The van der Waals surface area contributed by atoms with Crippen LogP contribution in [0.4, 0.5) is 10.1 Å². The minimum Gasteiger partial charge on any atom is -0.478 e. The van der Waals surface area contributed by atoms with Crippen molar-refractivity contribution in [3.63, 3.8) is 0 Å². The minimum atomic E-state index is -1.03. The van der Waals surface area contributed by atoms with Crippen LogP contribution in [0.2, 0.25) is 0 Å². The standard InChI is InChI=1S/C9H8FNO3/c10-5-1-2-7-6(3-5)11-4-8(14-7)9(12)13/h1-3,8,11H,4H2,(H,12,13). The highest BCUT2D eigenvalue weighted by atomic mass is 19.1. The highest BCUT2D eigenvalue weighted by Crippen LogP contribution is 2.29. The molecule has 2 N–H and O–H groups in total. The molecule has 0 aliphatic carbocycles. The van der Waals surface area contributed by atoms with Gasteiger partial charge in [-0.3, -0.25) is 0 Å². The van der Waals surface area contributed by atoms with Gasteiger partial charge in [-0.05, 0) is 12.1 Å². The van der Waals surface area contributed by atoms with Crippen molar-refractivity contribution in [2.24, 2.45) is 0 Å². The Morgan fingerprint density at radius 1 is 1.64 bits per heavy atom. The highest BCUT2D eigenvalue weighted by molar-refractivity contribution is 5.75. The normalized spacial score (nSPS) is 19.1. The number of carbonyl (C=O) groups is 1. The predicted molar refractivity (Wildman–Crippen MR) is 46.9 cm³/mol. The van der Waals surface area contributed by atoms with E-state index < -0.39 is 12.1 Å². The molecule has 0 saturated heterocycles. The number of carboxylic acid groups (broad SMARTS) is 1. The van der Waals surface area contributed by atoms with Crippen LogP contribution >= 0.6 is 0 Å². The van der Waals surface area contributed by atoms with Gasteiger partial charge in [0, 0.05) is 6.07 Å². The lowest BCUT2D eigenvalue weighted by molar-refractivity contribution is -0.144. The van der Waals surface area contributed by atoms with Crippen LogP contribution in [-0.2, 0) is 4.79 Å². The van der Waals surface area contributed by atoms with Gasteiger partial charge in [-0.25, -0.2) is 9.18 Å². The van der Waals surface area contributed by atoms with Gasteiger partial charge in [-0.15, -0.1) is 0 Å². The van der Waals surface area contributed by atoms with E-state index in [0.717, 1.165) is 0 Å². The molecule has 0 aromatic heterocycles. The SMILES string of the molecule is O=C(O)C1CNc2cc(F)ccc2O1. The second-order valence-corrected chi connectivity index (χ2v) is 2.97. The average molecular weight is 197 g/mol. The topological polar surface area (TPSA) is 58.6 Å². The number of benzene rings is 1. The van der Waals surface area contributed by atoms with Gasteiger partial charge in [0.2, 0.25) is 6.10 Å². The molecule has 2 rings (SSSR count). The zero-order valence-electron chi connectivity index (χ0n) is 7.16. The average Bonchev–Trinajstić information content (AvgIpc) is 2.16. The van der Waals surface area contributed by atoms with Crippen molar-refractivity contribution in [2.45, 2.75) is 6.10 Å². The molecule has 1 aromatic rings. The Balaban J connectivity index is 2.27. The van der Waals surface area contributed by atoms with Gasteiger partial charge in [0.1, 0.15) is 11.6 Å². The van der Waals surface area contributed by atoms with E-state index in [0.29, 0.717) is 11.4 Å². The zero-order valence-corrected chi connectivity index (χ0v) is 7.16. The predicted octanol–water partition coefficient (Wildman–Crippen LogP) is 1.08. The van der Waals surface area contributed by atoms with Crippen LogP contribution in [0.25, 0.3) is 0 Å². The molecule has 1 atom stereocenters. The second kappa shape index (κ2) is 3.17. The van der Waals surface area contributed by atoms with E-state index in [-0.39, 0.29) is 12.4 Å². The number of carboxylic acids is 1. The molecule has 0 saturated carbocycles. The number of hydrogen-bond acceptors (Lipinski definition) is 3. The van der Waals surface area contributed by atoms with Crippen molar-refractivity contribution in [3.8, 4) is 5.75 Å². The number of rotatable bonds is 1. The zero-order chi connectivity index (χ0) is 10.1. The van der Waals surface area contributed by atoms with Crippen molar-refractivity contribution in [2.75, 3.05) is 11.9 Å². The summed E-state index contributed by atoms with van der Waals surface area (Å²) in [7, 11) is 0. The van der Waals surface area contributed by atoms with Crippen LogP contribution in [0.1, 0.15) is 0 Å². The summed E-state index contributed by atoms with van der Waals surface area (Å²) in [6, 6.07) is 3.91. The Hall–Kier alpha value is -1.78. The number of halogens is 1. The highest BCUT2D eigenvalue weighted by Gasteiger charge is 2.25. The van der Waals surface area contributed by atoms with E-state index in [1.54, 1.807) is 0 Å². The number of ether oxygens (including phenoxy) is 1. The summed E-state index contributed by atoms with van der Waals surface area (Å²) in [5.41, 5.74) is 0.488. The molecule has 1 aliphatic rings. The molecule has 14 heavy (non-hydrogen) atoms. The van der Waals surface area contributed by atoms with Crippen molar-refractivity contribution >= 4 is 11.7 Å². The van der Waals surface area contributed by atoms with Gasteiger partial charge in [-0.2, -0.15) is 0 Å². The largest absolute Gasteiger partial charge is 0.478 e. The molecule has 5 heteroatoms. The van der Waals surface area contributed by atoms with Crippen molar-refractivity contribution in [1.82, 2.24) is 0 Å². The first-order valence-corrected chi connectivity index (χ1v) is 4.10. The molecule has 74 valence electrons. The van der Waals surface area contributed by atoms with Crippen molar-refractivity contribution in [1.29, 1.82) is 0 Å². The lowest BCUT2D eigenvalue weighted by atomic mass is 10.2. The lowest BCUT2D eigenvalue weighted by Gasteiger charge is -2.24. The molecule has 0 bridgehead atoms. The Kier molecular flexibility index (Phi) is 1.99. The van der Waals surface area contributed by atoms with E-state index in [4.69, 9.17) is 9.84 Å². The second-order valence-electron chi connectivity index (χ2n) is 2.97. The van der Waals surface area contributed by atoms with E-state index >= 15 is 0 Å². The van der Waals surface area contributed by atoms with E-state index in [1.807, 2.05) is 0 Å². The number of anilines is 1. The van der Waals surface area contributed by atoms with Crippen LogP contribution in [0.3, 0.4) is 0 Å². The smallest absolute Gasteiger partial charge is 0.346 e. The van der Waals surface area contributed by atoms with Gasteiger partial charge in [0.15, 0.2) is 0 Å². The molecule has 0 amide bonds. The number of fused-ring (bicyclic) bond motifs is 1. The third-order valence-electron chi connectivity index (χ3n) is 1.96. The lowest BCUT2D eigenvalue weighted by Crippen LogP contribution is -2.37. The summed E-state index contributed by atoms with van der Waals surface area (Å²) < 4.78 is 17.9. The molecule has 4 nitrogen and oxygen atoms in total. The number of aliphatic carboxylic acids is 1. The van der Waals surface area contributed by atoms with Gasteiger partial charge >= 0.3 is 5.97 Å². The van der Waals surface area contributed by atoms with Gasteiger partial charge in [0.25, 0.3) is 0 Å². The van der Waals surface area contributed by atoms with Gasteiger partial charge in [0.05, 0.1) is 12.2 Å². The quantitative estimate of drug-likeness (QED) is 0.707. The van der Waals surface area contributed by atoms with Crippen LogP contribution in [0.5, 0.6) is 5.75 Å². The molecule has 1 aliphatic heterocycles. The molecular weight excluding hydrogens is 189 g/mol. The summed E-state index contributed by atoms with van der Waals surface area (Å²) in [5.74, 6) is -1.05. The summed E-state index contributed by atoms with van der Waals surface area (Å²) in [4.78, 5) is 10.6. The Morgan fingerprint density at radius 3 is 3.14 bits per heavy atom. The van der Waals surface area contributed by atoms with E-state index in [9.17, 15) is 9.18 Å². The van der Waals surface area contributed by atoms with Crippen molar-refractivity contribution < 1.29 is 19.0 Å². The van der Waals surface area contributed by atoms with Crippen molar-refractivity contribution in [3.05, 3.63) is 24.0 Å². The van der Waals surface area contributed by atoms with E-state index in [1.165, 1.54) is 18.2 Å². The maximum absolute atomic E-state index is 12.7. The number of hydrogen-bond donors (Lipinski definition) is 2. The van der Waals surface area contributed by atoms with Crippen LogP contribution in [-0.4, -0.2) is 23.7 Å². The molecule has 0 spiro atoms. The molecule has 0 radical (unpaired) electrons. The maximum Gasteiger partial charge on any atom is 0.346 e. The van der Waals surface area contributed by atoms with Crippen LogP contribution in [0.15, 0.2) is 18.2 Å². The number of nitrogens with one attached hydrogen (secondary N) is 1. The summed E-state index contributed by atoms with van der Waals surface area (Å²) in [6.45, 7) is 0.145. The Labute approximate surface area is 79.3 Å². The molecule has 0 fully saturated rings. The fourth-order valence-electron chi connectivity index (χ4n) is 1.28. The fourth-order valence-corrected chi connectivity index (χ4v) is 1.28. The first kappa shape index (κ1) is 8.80. The monoisotopic (exact) mass is 197 g/mol. The van der Waals surface area contributed by atoms with Crippen LogP contribution in [0, 0.1) is 5.82 Å². The van der Waals surface area contributed by atoms with Crippen LogP contribution < -0.4 is 10.1 Å².